The summed E-state index contributed by atoms with van der Waals surface area (Å²) in [5, 5.41) is 2.92. The monoisotopic (exact) mass is 410 g/mol. The van der Waals surface area contributed by atoms with Crippen molar-refractivity contribution in [1.82, 2.24) is 10.3 Å². The summed E-state index contributed by atoms with van der Waals surface area (Å²) < 4.78 is 6.38. The van der Waals surface area contributed by atoms with Crippen molar-refractivity contribution in [2.45, 2.75) is 26.8 Å². The van der Waals surface area contributed by atoms with Crippen LogP contribution in [0.3, 0.4) is 0 Å². The van der Waals surface area contributed by atoms with Crippen LogP contribution in [0, 0.1) is 10.5 Å². The molecule has 0 fully saturated rings. The molecule has 2 aromatic rings. The van der Waals surface area contributed by atoms with Crippen molar-refractivity contribution in [3.8, 4) is 5.88 Å². The molecule has 0 unspecified atom stereocenters. The Morgan fingerprint density at radius 2 is 2.14 bits per heavy atom. The van der Waals surface area contributed by atoms with E-state index in [4.69, 9.17) is 4.74 Å². The minimum absolute atomic E-state index is 0.0700. The minimum Gasteiger partial charge on any atom is -0.478 e. The first kappa shape index (κ1) is 16.7. The van der Waals surface area contributed by atoms with E-state index in [0.29, 0.717) is 24.6 Å². The van der Waals surface area contributed by atoms with Gasteiger partial charge in [-0.3, -0.25) is 4.79 Å². The van der Waals surface area contributed by atoms with Gasteiger partial charge in [-0.2, -0.15) is 0 Å². The fourth-order valence-electron chi connectivity index (χ4n) is 1.90. The molecule has 1 aromatic heterocycles. The number of rotatable bonds is 6. The van der Waals surface area contributed by atoms with Crippen molar-refractivity contribution in [1.29, 1.82) is 0 Å². The summed E-state index contributed by atoms with van der Waals surface area (Å²) in [6.07, 6.45) is 2.68. The molecule has 0 bridgehead atoms. The van der Waals surface area contributed by atoms with Gasteiger partial charge in [0.25, 0.3) is 5.91 Å². The van der Waals surface area contributed by atoms with E-state index in [9.17, 15) is 4.79 Å². The SMILES string of the molecule is CCCOc1ccc(CNC(=O)c2cc(C)ccc2I)cn1. The smallest absolute Gasteiger partial charge is 0.252 e. The number of carbonyl (C=O) groups excluding carboxylic acids is 1. The van der Waals surface area contributed by atoms with E-state index in [0.717, 1.165) is 21.1 Å². The third-order valence-corrected chi connectivity index (χ3v) is 4.01. The molecule has 0 aliphatic heterocycles. The van der Waals surface area contributed by atoms with Crippen molar-refractivity contribution in [2.75, 3.05) is 6.61 Å². The second-order valence-corrected chi connectivity index (χ2v) is 6.18. The average molecular weight is 410 g/mol. The van der Waals surface area contributed by atoms with E-state index in [2.05, 4.69) is 39.8 Å². The molecule has 1 heterocycles. The van der Waals surface area contributed by atoms with Crippen LogP contribution in [0.2, 0.25) is 0 Å². The lowest BCUT2D eigenvalue weighted by molar-refractivity contribution is 0.0950. The largest absolute Gasteiger partial charge is 0.478 e. The maximum absolute atomic E-state index is 12.2. The minimum atomic E-state index is -0.0700. The Labute approximate surface area is 144 Å². The van der Waals surface area contributed by atoms with Crippen LogP contribution in [0.4, 0.5) is 0 Å². The van der Waals surface area contributed by atoms with Crippen molar-refractivity contribution in [3.63, 3.8) is 0 Å². The lowest BCUT2D eigenvalue weighted by atomic mass is 10.1. The zero-order chi connectivity index (χ0) is 15.9. The molecule has 0 saturated carbocycles. The number of ether oxygens (including phenoxy) is 1. The Morgan fingerprint density at radius 1 is 1.32 bits per heavy atom. The van der Waals surface area contributed by atoms with Crippen LogP contribution < -0.4 is 10.1 Å². The maximum atomic E-state index is 12.2. The lowest BCUT2D eigenvalue weighted by Crippen LogP contribution is -2.23. The van der Waals surface area contributed by atoms with Gasteiger partial charge in [-0.15, -0.1) is 0 Å². The number of hydrogen-bond donors (Lipinski definition) is 1. The summed E-state index contributed by atoms with van der Waals surface area (Å²) in [5.74, 6) is 0.546. The van der Waals surface area contributed by atoms with Crippen LogP contribution in [-0.2, 0) is 6.54 Å². The predicted molar refractivity (Wildman–Crippen MR) is 95.1 cm³/mol. The number of pyridine rings is 1. The molecule has 116 valence electrons. The molecule has 2 rings (SSSR count). The van der Waals surface area contributed by atoms with Crippen LogP contribution in [0.25, 0.3) is 0 Å². The third-order valence-electron chi connectivity index (χ3n) is 3.07. The molecular weight excluding hydrogens is 391 g/mol. The van der Waals surface area contributed by atoms with Crippen LogP contribution in [0.15, 0.2) is 36.5 Å². The highest BCUT2D eigenvalue weighted by molar-refractivity contribution is 14.1. The molecule has 1 amide bonds. The molecule has 0 saturated heterocycles. The van der Waals surface area contributed by atoms with Gasteiger partial charge in [0, 0.05) is 22.4 Å². The van der Waals surface area contributed by atoms with E-state index in [1.165, 1.54) is 0 Å². The number of aromatic nitrogens is 1. The van der Waals surface area contributed by atoms with Crippen molar-refractivity contribution < 1.29 is 9.53 Å². The normalized spacial score (nSPS) is 10.3. The molecule has 0 aliphatic carbocycles. The summed E-state index contributed by atoms with van der Waals surface area (Å²) >= 11 is 2.17. The number of nitrogens with zero attached hydrogens (tertiary/aromatic N) is 1. The lowest BCUT2D eigenvalue weighted by Gasteiger charge is -2.08. The Bertz CT molecular complexity index is 642. The second kappa shape index (κ2) is 8.12. The van der Waals surface area contributed by atoms with E-state index in [1.54, 1.807) is 6.20 Å². The standard InChI is InChI=1S/C17H19IN2O2/c1-3-8-22-16-7-5-13(10-19-16)11-20-17(21)14-9-12(2)4-6-15(14)18/h4-7,9-10H,3,8,11H2,1-2H3,(H,20,21). The molecule has 1 aromatic carbocycles. The molecule has 0 aliphatic rings. The maximum Gasteiger partial charge on any atom is 0.252 e. The Balaban J connectivity index is 1.94. The predicted octanol–water partition coefficient (Wildman–Crippen LogP) is 3.71. The molecule has 0 spiro atoms. The van der Waals surface area contributed by atoms with Gasteiger partial charge in [0.2, 0.25) is 5.88 Å². The summed E-state index contributed by atoms with van der Waals surface area (Å²) in [5.41, 5.74) is 2.72. The molecule has 1 N–H and O–H groups in total. The van der Waals surface area contributed by atoms with Crippen molar-refractivity contribution >= 4 is 28.5 Å². The molecular formula is C17H19IN2O2. The molecule has 0 radical (unpaired) electrons. The number of halogens is 1. The van der Waals surface area contributed by atoms with Gasteiger partial charge in [-0.05, 0) is 53.6 Å². The van der Waals surface area contributed by atoms with E-state index in [1.807, 2.05) is 37.3 Å². The van der Waals surface area contributed by atoms with Gasteiger partial charge >= 0.3 is 0 Å². The summed E-state index contributed by atoms with van der Waals surface area (Å²) in [6, 6.07) is 9.59. The summed E-state index contributed by atoms with van der Waals surface area (Å²) in [6.45, 7) is 5.14. The Kier molecular flexibility index (Phi) is 6.18. The van der Waals surface area contributed by atoms with Gasteiger partial charge < -0.3 is 10.1 Å². The first-order valence-electron chi connectivity index (χ1n) is 7.22. The number of nitrogens with one attached hydrogen (secondary N) is 1. The topological polar surface area (TPSA) is 51.2 Å². The van der Waals surface area contributed by atoms with Crippen molar-refractivity contribution in [2.24, 2.45) is 0 Å². The fourth-order valence-corrected chi connectivity index (χ4v) is 2.48. The zero-order valence-corrected chi connectivity index (χ0v) is 14.9. The zero-order valence-electron chi connectivity index (χ0n) is 12.7. The quantitative estimate of drug-likeness (QED) is 0.739. The van der Waals surface area contributed by atoms with Crippen LogP contribution in [0.1, 0.15) is 34.8 Å². The number of hydrogen-bond acceptors (Lipinski definition) is 3. The van der Waals surface area contributed by atoms with E-state index < -0.39 is 0 Å². The average Bonchev–Trinajstić information content (AvgIpc) is 2.54. The number of benzene rings is 1. The van der Waals surface area contributed by atoms with Crippen molar-refractivity contribution in [3.05, 3.63) is 56.8 Å². The Hall–Kier alpha value is -1.63. The van der Waals surface area contributed by atoms with Crippen LogP contribution in [0.5, 0.6) is 5.88 Å². The van der Waals surface area contributed by atoms with Crippen LogP contribution in [-0.4, -0.2) is 17.5 Å². The summed E-state index contributed by atoms with van der Waals surface area (Å²) in [4.78, 5) is 16.5. The highest BCUT2D eigenvalue weighted by Gasteiger charge is 2.09. The number of aryl methyl sites for hydroxylation is 1. The fraction of sp³-hybridized carbons (Fsp3) is 0.294. The van der Waals surface area contributed by atoms with E-state index in [-0.39, 0.29) is 5.91 Å². The van der Waals surface area contributed by atoms with Gasteiger partial charge in [-0.25, -0.2) is 4.98 Å². The highest BCUT2D eigenvalue weighted by Crippen LogP contribution is 2.14. The highest BCUT2D eigenvalue weighted by atomic mass is 127. The first-order chi connectivity index (χ1) is 10.6. The third kappa shape index (κ3) is 4.69. The second-order valence-electron chi connectivity index (χ2n) is 5.02. The van der Waals surface area contributed by atoms with Gasteiger partial charge in [-0.1, -0.05) is 24.6 Å². The Morgan fingerprint density at radius 3 is 2.82 bits per heavy atom. The molecule has 22 heavy (non-hydrogen) atoms. The number of amides is 1. The molecule has 4 nitrogen and oxygen atoms in total. The van der Waals surface area contributed by atoms with E-state index >= 15 is 0 Å². The van der Waals surface area contributed by atoms with Gasteiger partial charge in [0.15, 0.2) is 0 Å². The molecule has 0 atom stereocenters. The number of carbonyl (C=O) groups is 1. The van der Waals surface area contributed by atoms with Crippen LogP contribution >= 0.6 is 22.6 Å². The van der Waals surface area contributed by atoms with Gasteiger partial charge in [0.05, 0.1) is 12.2 Å². The molecule has 5 heteroatoms. The summed E-state index contributed by atoms with van der Waals surface area (Å²) in [7, 11) is 0. The van der Waals surface area contributed by atoms with Gasteiger partial charge in [0.1, 0.15) is 0 Å². The first-order valence-corrected chi connectivity index (χ1v) is 8.30.